The normalized spacial score (nSPS) is 11.8. The van der Waals surface area contributed by atoms with E-state index in [0.717, 1.165) is 16.7 Å². The zero-order valence-electron chi connectivity index (χ0n) is 18.3. The highest BCUT2D eigenvalue weighted by Gasteiger charge is 2.18. The third-order valence-electron chi connectivity index (χ3n) is 4.92. The summed E-state index contributed by atoms with van der Waals surface area (Å²) in [6.45, 7) is 5.21. The van der Waals surface area contributed by atoms with Crippen molar-refractivity contribution in [3.05, 3.63) is 69.8 Å². The Bertz CT molecular complexity index is 1380. The lowest BCUT2D eigenvalue weighted by Gasteiger charge is -2.12. The van der Waals surface area contributed by atoms with E-state index in [1.807, 2.05) is 36.6 Å². The molecule has 0 saturated carbocycles. The van der Waals surface area contributed by atoms with E-state index >= 15 is 0 Å². The van der Waals surface area contributed by atoms with Crippen LogP contribution in [0.3, 0.4) is 0 Å². The molecule has 4 rings (SSSR count). The van der Waals surface area contributed by atoms with Crippen molar-refractivity contribution < 1.29 is 9.59 Å². The van der Waals surface area contributed by atoms with E-state index in [1.165, 1.54) is 30.0 Å². The van der Waals surface area contributed by atoms with Gasteiger partial charge in [-0.05, 0) is 43.7 Å². The summed E-state index contributed by atoms with van der Waals surface area (Å²) in [6, 6.07) is 14.9. The lowest BCUT2D eigenvalue weighted by molar-refractivity contribution is -0.115. The lowest BCUT2D eigenvalue weighted by Crippen LogP contribution is -2.23. The minimum Gasteiger partial charge on any atom is -0.326 e. The molecule has 0 radical (unpaired) electrons. The molecule has 1 unspecified atom stereocenters. The monoisotopic (exact) mass is 478 g/mol. The van der Waals surface area contributed by atoms with Crippen molar-refractivity contribution in [2.75, 3.05) is 10.6 Å². The molecule has 3 N–H and O–H groups in total. The van der Waals surface area contributed by atoms with Gasteiger partial charge in [0, 0.05) is 29.2 Å². The van der Waals surface area contributed by atoms with Gasteiger partial charge in [-0.1, -0.05) is 41.6 Å². The fourth-order valence-electron chi connectivity index (χ4n) is 3.24. The van der Waals surface area contributed by atoms with Crippen LogP contribution in [0.1, 0.15) is 19.4 Å². The third kappa shape index (κ3) is 5.32. The van der Waals surface area contributed by atoms with Gasteiger partial charge in [0.1, 0.15) is 4.83 Å². The number of hydrogen-bond donors (Lipinski definition) is 3. The maximum absolute atomic E-state index is 12.8. The molecular weight excluding hydrogens is 456 g/mol. The summed E-state index contributed by atoms with van der Waals surface area (Å²) in [5.41, 5.74) is 4.02. The molecule has 9 heteroatoms. The smallest absolute Gasteiger partial charge is 0.260 e. The van der Waals surface area contributed by atoms with Crippen molar-refractivity contribution in [2.45, 2.75) is 31.2 Å². The van der Waals surface area contributed by atoms with Gasteiger partial charge in [-0.3, -0.25) is 14.4 Å². The number of rotatable bonds is 6. The van der Waals surface area contributed by atoms with Gasteiger partial charge in [-0.2, -0.15) is 0 Å². The Balaban J connectivity index is 1.48. The zero-order chi connectivity index (χ0) is 23.5. The molecule has 0 aliphatic carbocycles. The number of hydrogen-bond acceptors (Lipinski definition) is 6. The van der Waals surface area contributed by atoms with E-state index < -0.39 is 5.25 Å². The number of anilines is 2. The second-order valence-corrected chi connectivity index (χ2v) is 9.76. The standard InChI is InChI=1S/C24H22N4O3S2/c1-13-4-6-16(7-5-13)19-12-32-23-20(19)22(31)27-24(28-23)33-14(2)21(30)26-18-10-8-17(9-11-18)25-15(3)29/h4-12,14H,1-3H3,(H,25,29)(H,26,30)(H,27,28,31). The largest absolute Gasteiger partial charge is 0.326 e. The van der Waals surface area contributed by atoms with Gasteiger partial charge >= 0.3 is 0 Å². The van der Waals surface area contributed by atoms with Gasteiger partial charge in [-0.25, -0.2) is 4.98 Å². The molecule has 0 fully saturated rings. The number of amides is 2. The molecule has 2 heterocycles. The molecule has 1 atom stereocenters. The van der Waals surface area contributed by atoms with Crippen LogP contribution in [0, 0.1) is 6.92 Å². The molecule has 33 heavy (non-hydrogen) atoms. The molecule has 0 bridgehead atoms. The molecule has 2 amide bonds. The summed E-state index contributed by atoms with van der Waals surface area (Å²) in [4.78, 5) is 44.6. The highest BCUT2D eigenvalue weighted by molar-refractivity contribution is 8.00. The van der Waals surface area contributed by atoms with Crippen LogP contribution in [0.5, 0.6) is 0 Å². The summed E-state index contributed by atoms with van der Waals surface area (Å²) in [5.74, 6) is -0.381. The number of aromatic nitrogens is 2. The predicted molar refractivity (Wildman–Crippen MR) is 135 cm³/mol. The zero-order valence-corrected chi connectivity index (χ0v) is 19.9. The van der Waals surface area contributed by atoms with Gasteiger partial charge in [0.15, 0.2) is 5.16 Å². The number of benzene rings is 2. The second-order valence-electron chi connectivity index (χ2n) is 7.57. The van der Waals surface area contributed by atoms with Crippen molar-refractivity contribution in [2.24, 2.45) is 0 Å². The lowest BCUT2D eigenvalue weighted by atomic mass is 10.1. The predicted octanol–water partition coefficient (Wildman–Crippen LogP) is 5.04. The number of fused-ring (bicyclic) bond motifs is 1. The quantitative estimate of drug-likeness (QED) is 0.266. The van der Waals surface area contributed by atoms with E-state index in [4.69, 9.17) is 0 Å². The fraction of sp³-hybridized carbons (Fsp3) is 0.167. The van der Waals surface area contributed by atoms with Crippen LogP contribution in [0.15, 0.2) is 63.9 Å². The molecule has 0 aliphatic rings. The highest BCUT2D eigenvalue weighted by atomic mass is 32.2. The van der Waals surface area contributed by atoms with Crippen LogP contribution in [0.25, 0.3) is 21.3 Å². The second kappa shape index (κ2) is 9.60. The summed E-state index contributed by atoms with van der Waals surface area (Å²) >= 11 is 2.60. The third-order valence-corrected chi connectivity index (χ3v) is 6.77. The van der Waals surface area contributed by atoms with E-state index in [-0.39, 0.29) is 17.4 Å². The number of aromatic amines is 1. The fourth-order valence-corrected chi connectivity index (χ4v) is 5.04. The van der Waals surface area contributed by atoms with Crippen LogP contribution in [-0.2, 0) is 9.59 Å². The minimum absolute atomic E-state index is 0.160. The van der Waals surface area contributed by atoms with Crippen LogP contribution < -0.4 is 16.2 Å². The summed E-state index contributed by atoms with van der Waals surface area (Å²) < 4.78 is 0. The van der Waals surface area contributed by atoms with Crippen molar-refractivity contribution in [3.63, 3.8) is 0 Å². The van der Waals surface area contributed by atoms with Gasteiger partial charge in [0.25, 0.3) is 5.56 Å². The van der Waals surface area contributed by atoms with Crippen LogP contribution in [0.4, 0.5) is 11.4 Å². The summed E-state index contributed by atoms with van der Waals surface area (Å²) in [5, 5.41) is 7.92. The van der Waals surface area contributed by atoms with Crippen LogP contribution in [-0.4, -0.2) is 27.0 Å². The minimum atomic E-state index is -0.489. The molecular formula is C24H22N4O3S2. The van der Waals surface area contributed by atoms with E-state index in [1.54, 1.807) is 31.2 Å². The molecule has 7 nitrogen and oxygen atoms in total. The van der Waals surface area contributed by atoms with Gasteiger partial charge in [0.05, 0.1) is 10.6 Å². The molecule has 4 aromatic rings. The topological polar surface area (TPSA) is 104 Å². The van der Waals surface area contributed by atoms with Crippen molar-refractivity contribution in [1.82, 2.24) is 9.97 Å². The number of nitrogens with one attached hydrogen (secondary N) is 3. The van der Waals surface area contributed by atoms with Gasteiger partial charge in [0.2, 0.25) is 11.8 Å². The first-order chi connectivity index (χ1) is 15.8. The maximum Gasteiger partial charge on any atom is 0.260 e. The highest BCUT2D eigenvalue weighted by Crippen LogP contribution is 2.32. The molecule has 2 aromatic heterocycles. The summed E-state index contributed by atoms with van der Waals surface area (Å²) in [7, 11) is 0. The van der Waals surface area contributed by atoms with E-state index in [2.05, 4.69) is 20.6 Å². The maximum atomic E-state index is 12.8. The number of carbonyl (C=O) groups excluding carboxylic acids is 2. The average Bonchev–Trinajstić information content (AvgIpc) is 3.20. The Hall–Kier alpha value is -3.43. The molecule has 168 valence electrons. The Morgan fingerprint density at radius 3 is 2.30 bits per heavy atom. The first kappa shape index (κ1) is 22.8. The summed E-state index contributed by atoms with van der Waals surface area (Å²) in [6.07, 6.45) is 0. The molecule has 2 aromatic carbocycles. The first-order valence-corrected chi connectivity index (χ1v) is 12.0. The Morgan fingerprint density at radius 2 is 1.67 bits per heavy atom. The van der Waals surface area contributed by atoms with Crippen molar-refractivity contribution >= 4 is 56.5 Å². The van der Waals surface area contributed by atoms with Crippen molar-refractivity contribution in [1.29, 1.82) is 0 Å². The Labute approximate surface area is 198 Å². The SMILES string of the molecule is CC(=O)Nc1ccc(NC(=O)C(C)Sc2nc3scc(-c4ccc(C)cc4)c3c(=O)[nH]2)cc1. The molecule has 0 aliphatic heterocycles. The molecule has 0 saturated heterocycles. The first-order valence-electron chi connectivity index (χ1n) is 10.2. The molecule has 0 spiro atoms. The van der Waals surface area contributed by atoms with E-state index in [9.17, 15) is 14.4 Å². The van der Waals surface area contributed by atoms with Crippen LogP contribution in [0.2, 0.25) is 0 Å². The van der Waals surface area contributed by atoms with Gasteiger partial charge < -0.3 is 15.6 Å². The Morgan fingerprint density at radius 1 is 1.03 bits per heavy atom. The van der Waals surface area contributed by atoms with Crippen LogP contribution >= 0.6 is 23.1 Å². The number of aryl methyl sites for hydroxylation is 1. The van der Waals surface area contributed by atoms with Gasteiger partial charge in [-0.15, -0.1) is 11.3 Å². The average molecular weight is 479 g/mol. The van der Waals surface area contributed by atoms with E-state index in [0.29, 0.717) is 26.7 Å². The van der Waals surface area contributed by atoms with Crippen molar-refractivity contribution in [3.8, 4) is 11.1 Å². The number of carbonyl (C=O) groups is 2. The number of thioether (sulfide) groups is 1. The Kier molecular flexibility index (Phi) is 6.62. The number of thiophene rings is 1. The number of nitrogens with zero attached hydrogens (tertiary/aromatic N) is 1. The number of H-pyrrole nitrogens is 1.